The van der Waals surface area contributed by atoms with Crippen LogP contribution in [-0.4, -0.2) is 81.4 Å². The van der Waals surface area contributed by atoms with E-state index in [1.54, 1.807) is 42.3 Å². The molecule has 1 saturated heterocycles. The minimum atomic E-state index is -0.551. The van der Waals surface area contributed by atoms with Crippen LogP contribution in [0.4, 0.5) is 26.8 Å². The number of urea groups is 1. The summed E-state index contributed by atoms with van der Waals surface area (Å²) in [5.74, 6) is 1.14. The van der Waals surface area contributed by atoms with Crippen LogP contribution >= 0.6 is 0 Å². The average Bonchev–Trinajstić information content (AvgIpc) is 3.43. The summed E-state index contributed by atoms with van der Waals surface area (Å²) in [4.78, 5) is 38.0. The van der Waals surface area contributed by atoms with Crippen LogP contribution in [0.15, 0.2) is 24.4 Å². The molecular weight excluding hydrogens is 500 g/mol. The Labute approximate surface area is 227 Å². The second-order valence-corrected chi connectivity index (χ2v) is 11.6. The zero-order chi connectivity index (χ0) is 28.1. The number of nitrogens with zero attached hydrogens (tertiary/aromatic N) is 7. The molecule has 0 spiro atoms. The molecule has 208 valence electrons. The topological polar surface area (TPSA) is 118 Å². The molecular formula is C27H36N8O4. The molecule has 39 heavy (non-hydrogen) atoms. The van der Waals surface area contributed by atoms with Gasteiger partial charge in [0.25, 0.3) is 0 Å². The van der Waals surface area contributed by atoms with E-state index in [0.717, 1.165) is 11.3 Å². The van der Waals surface area contributed by atoms with Gasteiger partial charge in [0.2, 0.25) is 0 Å². The fraction of sp³-hybridized carbons (Fsp3) is 0.519. The van der Waals surface area contributed by atoms with Crippen molar-refractivity contribution in [2.24, 2.45) is 7.05 Å². The maximum absolute atomic E-state index is 13.4. The van der Waals surface area contributed by atoms with Crippen LogP contribution in [0.1, 0.15) is 40.2 Å². The van der Waals surface area contributed by atoms with Gasteiger partial charge in [-0.3, -0.25) is 9.80 Å². The number of aryl methyl sites for hydroxylation is 1. The maximum Gasteiger partial charge on any atom is 0.410 e. The van der Waals surface area contributed by atoms with Gasteiger partial charge < -0.3 is 19.7 Å². The normalized spacial score (nSPS) is 16.8. The number of hydrogen-bond donors (Lipinski definition) is 1. The number of pyridine rings is 1. The van der Waals surface area contributed by atoms with Gasteiger partial charge in [-0.25, -0.2) is 14.6 Å². The second-order valence-electron chi connectivity index (χ2n) is 11.6. The smallest absolute Gasteiger partial charge is 0.410 e. The third-order valence-electron chi connectivity index (χ3n) is 6.99. The first kappa shape index (κ1) is 26.5. The molecule has 2 aromatic heterocycles. The number of rotatable bonds is 3. The van der Waals surface area contributed by atoms with Crippen LogP contribution in [-0.2, 0) is 18.2 Å². The first-order chi connectivity index (χ1) is 18.4. The monoisotopic (exact) mass is 536 g/mol. The lowest BCUT2D eigenvalue weighted by Gasteiger charge is -2.48. The molecule has 0 atom stereocenters. The average molecular weight is 537 g/mol. The van der Waals surface area contributed by atoms with Crippen molar-refractivity contribution in [3.05, 3.63) is 30.0 Å². The van der Waals surface area contributed by atoms with E-state index in [2.05, 4.69) is 25.4 Å². The van der Waals surface area contributed by atoms with Crippen molar-refractivity contribution in [3.8, 4) is 5.75 Å². The number of aromatic nitrogens is 4. The summed E-state index contributed by atoms with van der Waals surface area (Å²) >= 11 is 0. The van der Waals surface area contributed by atoms with E-state index in [4.69, 9.17) is 9.47 Å². The predicted molar refractivity (Wildman–Crippen MR) is 149 cm³/mol. The number of hydrogen-bond acceptors (Lipinski definition) is 8. The number of anilines is 3. The molecule has 4 heterocycles. The summed E-state index contributed by atoms with van der Waals surface area (Å²) in [7, 11) is 3.30. The molecule has 1 fully saturated rings. The van der Waals surface area contributed by atoms with Crippen LogP contribution in [0.3, 0.4) is 0 Å². The SMILES string of the molecule is COc1cc2nn(C)nc2cc1NC(=O)N1CCc2c(N3CCN(C(=O)OC(C)(C)C)C(C)(C)C3)ccnc21. The molecule has 3 amide bonds. The van der Waals surface area contributed by atoms with Gasteiger partial charge in [-0.05, 0) is 53.2 Å². The van der Waals surface area contributed by atoms with Gasteiger partial charge in [0, 0.05) is 56.7 Å². The van der Waals surface area contributed by atoms with Crippen molar-refractivity contribution in [1.29, 1.82) is 0 Å². The molecule has 0 unspecified atom stereocenters. The van der Waals surface area contributed by atoms with Crippen LogP contribution in [0.5, 0.6) is 5.75 Å². The van der Waals surface area contributed by atoms with Crippen LogP contribution < -0.4 is 19.9 Å². The minimum absolute atomic E-state index is 0.296. The molecule has 5 rings (SSSR count). The standard InChI is InChI=1S/C27H36N8O4/c1-26(2,3)39-25(37)35-13-12-33(16-27(35,4)5)21-8-10-28-23-17(21)9-11-34(23)24(36)29-20-14-18-19(15-22(20)38-7)31-32(6)30-18/h8,10,14-15H,9,11-13,16H2,1-7H3,(H,29,36). The predicted octanol–water partition coefficient (Wildman–Crippen LogP) is 3.80. The molecule has 2 aliphatic rings. The lowest BCUT2D eigenvalue weighted by molar-refractivity contribution is 0.000363. The van der Waals surface area contributed by atoms with Gasteiger partial charge in [-0.15, -0.1) is 0 Å². The van der Waals surface area contributed by atoms with Gasteiger partial charge in [-0.1, -0.05) is 0 Å². The molecule has 2 aliphatic heterocycles. The summed E-state index contributed by atoms with van der Waals surface area (Å²) in [5.41, 5.74) is 2.91. The Kier molecular flexibility index (Phi) is 6.51. The Morgan fingerprint density at radius 1 is 1.08 bits per heavy atom. The number of carbonyl (C=O) groups is 2. The summed E-state index contributed by atoms with van der Waals surface area (Å²) in [6, 6.07) is 5.21. The molecule has 1 aromatic carbocycles. The fourth-order valence-corrected chi connectivity index (χ4v) is 5.28. The molecule has 3 aromatic rings. The lowest BCUT2D eigenvalue weighted by Crippen LogP contribution is -2.62. The van der Waals surface area contributed by atoms with Crippen molar-refractivity contribution in [2.45, 2.75) is 52.2 Å². The van der Waals surface area contributed by atoms with Crippen molar-refractivity contribution < 1.29 is 19.1 Å². The first-order valence-corrected chi connectivity index (χ1v) is 13.1. The molecule has 0 bridgehead atoms. The van der Waals surface area contributed by atoms with E-state index in [0.29, 0.717) is 60.9 Å². The van der Waals surface area contributed by atoms with Gasteiger partial charge in [0.1, 0.15) is 28.2 Å². The number of fused-ring (bicyclic) bond motifs is 2. The highest BCUT2D eigenvalue weighted by atomic mass is 16.6. The molecule has 12 nitrogen and oxygen atoms in total. The fourth-order valence-electron chi connectivity index (χ4n) is 5.28. The van der Waals surface area contributed by atoms with Crippen molar-refractivity contribution in [2.75, 3.05) is 48.4 Å². The Bertz CT molecular complexity index is 1430. The zero-order valence-corrected chi connectivity index (χ0v) is 23.6. The number of carbonyl (C=O) groups excluding carboxylic acids is 2. The summed E-state index contributed by atoms with van der Waals surface area (Å²) in [5, 5.41) is 11.6. The van der Waals surface area contributed by atoms with E-state index in [1.165, 1.54) is 4.80 Å². The molecule has 0 radical (unpaired) electrons. The van der Waals surface area contributed by atoms with Crippen LogP contribution in [0, 0.1) is 0 Å². The zero-order valence-electron chi connectivity index (χ0n) is 23.6. The van der Waals surface area contributed by atoms with Crippen LogP contribution in [0.2, 0.25) is 0 Å². The molecule has 0 saturated carbocycles. The number of ether oxygens (including phenoxy) is 2. The molecule has 1 N–H and O–H groups in total. The minimum Gasteiger partial charge on any atom is -0.494 e. The van der Waals surface area contributed by atoms with Gasteiger partial charge >= 0.3 is 12.1 Å². The highest BCUT2D eigenvalue weighted by Crippen LogP contribution is 2.37. The van der Waals surface area contributed by atoms with E-state index in [-0.39, 0.29) is 12.1 Å². The second kappa shape index (κ2) is 9.58. The largest absolute Gasteiger partial charge is 0.494 e. The number of benzene rings is 1. The highest BCUT2D eigenvalue weighted by Gasteiger charge is 2.40. The van der Waals surface area contributed by atoms with Crippen molar-refractivity contribution >= 4 is 40.4 Å². The highest BCUT2D eigenvalue weighted by molar-refractivity contribution is 6.04. The van der Waals surface area contributed by atoms with E-state index >= 15 is 0 Å². The molecule has 12 heteroatoms. The van der Waals surface area contributed by atoms with Crippen LogP contribution in [0.25, 0.3) is 11.0 Å². The Morgan fingerprint density at radius 3 is 2.46 bits per heavy atom. The Balaban J connectivity index is 1.35. The van der Waals surface area contributed by atoms with E-state index in [9.17, 15) is 9.59 Å². The lowest BCUT2D eigenvalue weighted by atomic mass is 9.98. The third kappa shape index (κ3) is 5.15. The Morgan fingerprint density at radius 2 is 1.79 bits per heavy atom. The molecule has 0 aliphatic carbocycles. The van der Waals surface area contributed by atoms with Gasteiger partial charge in [0.05, 0.1) is 18.3 Å². The number of piperazine rings is 1. The van der Waals surface area contributed by atoms with E-state index in [1.807, 2.05) is 40.7 Å². The number of nitrogens with one attached hydrogen (secondary N) is 1. The van der Waals surface area contributed by atoms with Gasteiger partial charge in [-0.2, -0.15) is 15.0 Å². The van der Waals surface area contributed by atoms with Crippen molar-refractivity contribution in [1.82, 2.24) is 24.9 Å². The van der Waals surface area contributed by atoms with E-state index < -0.39 is 11.1 Å². The van der Waals surface area contributed by atoms with Gasteiger partial charge in [0.15, 0.2) is 0 Å². The van der Waals surface area contributed by atoms with Crippen molar-refractivity contribution in [3.63, 3.8) is 0 Å². The summed E-state index contributed by atoms with van der Waals surface area (Å²) in [6.07, 6.45) is 2.11. The Hall–Kier alpha value is -4.09. The first-order valence-electron chi connectivity index (χ1n) is 13.1. The number of methoxy groups -OCH3 is 1. The summed E-state index contributed by atoms with van der Waals surface area (Å²) in [6.45, 7) is 12.0. The number of amides is 3. The quantitative estimate of drug-likeness (QED) is 0.537. The maximum atomic E-state index is 13.4. The summed E-state index contributed by atoms with van der Waals surface area (Å²) < 4.78 is 11.1. The third-order valence-corrected chi connectivity index (χ3v) is 6.99.